The third-order valence-electron chi connectivity index (χ3n) is 5.17. The van der Waals surface area contributed by atoms with E-state index >= 15 is 0 Å². The molecule has 1 atom stereocenters. The number of fused-ring (bicyclic) bond motifs is 1. The molecule has 1 fully saturated rings. The lowest BCUT2D eigenvalue weighted by molar-refractivity contribution is 0.0964. The number of carbonyl (C=O) groups excluding carboxylic acids is 1. The van der Waals surface area contributed by atoms with Crippen LogP contribution in [0.3, 0.4) is 0 Å². The number of hydrogen-bond acceptors (Lipinski definition) is 5. The first-order valence-electron chi connectivity index (χ1n) is 9.38. The number of hydrogen-bond donors (Lipinski definition) is 1. The van der Waals surface area contributed by atoms with Crippen LogP contribution in [0.1, 0.15) is 52.7 Å². The topological polar surface area (TPSA) is 75.4 Å². The summed E-state index contributed by atoms with van der Waals surface area (Å²) in [6.45, 7) is 3.85. The summed E-state index contributed by atoms with van der Waals surface area (Å²) in [5.74, 6) is -0.167. The second-order valence-corrected chi connectivity index (χ2v) is 6.99. The summed E-state index contributed by atoms with van der Waals surface area (Å²) in [6, 6.07) is 8.40. The van der Waals surface area contributed by atoms with Crippen LogP contribution in [0, 0.1) is 6.92 Å². The second-order valence-electron chi connectivity index (χ2n) is 6.99. The number of amides is 1. The minimum Gasteiger partial charge on any atom is -0.355 e. The number of aromatic nitrogens is 4. The van der Waals surface area contributed by atoms with Gasteiger partial charge in [-0.15, -0.1) is 0 Å². The van der Waals surface area contributed by atoms with Crippen molar-refractivity contribution in [2.24, 2.45) is 0 Å². The van der Waals surface area contributed by atoms with Crippen LogP contribution < -0.4 is 5.32 Å². The normalized spacial score (nSPS) is 17.9. The number of rotatable bonds is 4. The monoisotopic (exact) mass is 364 g/mol. The molecule has 1 N–H and O–H groups in total. The molecule has 0 unspecified atom stereocenters. The van der Waals surface area contributed by atoms with Gasteiger partial charge in [-0.3, -0.25) is 14.7 Å². The van der Waals surface area contributed by atoms with E-state index < -0.39 is 0 Å². The molecule has 1 aliphatic rings. The molecule has 0 aromatic carbocycles. The molecule has 0 bridgehead atoms. The summed E-state index contributed by atoms with van der Waals surface area (Å²) in [6.07, 6.45) is 6.78. The van der Waals surface area contributed by atoms with Crippen LogP contribution in [0.2, 0.25) is 0 Å². The van der Waals surface area contributed by atoms with Gasteiger partial charge in [-0.2, -0.15) is 5.10 Å². The van der Waals surface area contributed by atoms with Crippen molar-refractivity contribution >= 4 is 11.6 Å². The first-order chi connectivity index (χ1) is 13.2. The van der Waals surface area contributed by atoms with Crippen molar-refractivity contribution in [3.63, 3.8) is 0 Å². The number of carbonyl (C=O) groups is 1. The summed E-state index contributed by atoms with van der Waals surface area (Å²) in [7, 11) is 1.62. The Morgan fingerprint density at radius 1 is 1.30 bits per heavy atom. The number of piperidine rings is 1. The maximum atomic E-state index is 12.1. The average Bonchev–Trinajstić information content (AvgIpc) is 3.12. The Balaban J connectivity index is 1.69. The smallest absolute Gasteiger partial charge is 0.256 e. The number of aryl methyl sites for hydroxylation is 1. The molecule has 7 heteroatoms. The summed E-state index contributed by atoms with van der Waals surface area (Å²) in [4.78, 5) is 23.6. The summed E-state index contributed by atoms with van der Waals surface area (Å²) in [5, 5.41) is 7.12. The first-order valence-corrected chi connectivity index (χ1v) is 9.38. The minimum atomic E-state index is -0.167. The quantitative estimate of drug-likeness (QED) is 0.770. The van der Waals surface area contributed by atoms with E-state index in [-0.39, 0.29) is 11.9 Å². The largest absolute Gasteiger partial charge is 0.355 e. The fourth-order valence-electron chi connectivity index (χ4n) is 3.87. The van der Waals surface area contributed by atoms with Crippen molar-refractivity contribution in [1.29, 1.82) is 0 Å². The number of likely N-dealkylation sites (tertiary alicyclic amines) is 1. The zero-order valence-electron chi connectivity index (χ0n) is 15.7. The fraction of sp³-hybridized carbons (Fsp3) is 0.400. The van der Waals surface area contributed by atoms with Crippen molar-refractivity contribution < 1.29 is 4.79 Å². The van der Waals surface area contributed by atoms with Gasteiger partial charge in [0.05, 0.1) is 23.6 Å². The molecule has 1 amide bonds. The van der Waals surface area contributed by atoms with Gasteiger partial charge in [-0.1, -0.05) is 12.5 Å². The van der Waals surface area contributed by atoms with Crippen LogP contribution in [0.5, 0.6) is 0 Å². The first kappa shape index (κ1) is 17.6. The van der Waals surface area contributed by atoms with Gasteiger partial charge in [-0.05, 0) is 44.5 Å². The molecule has 0 saturated carbocycles. The van der Waals surface area contributed by atoms with E-state index in [0.29, 0.717) is 11.2 Å². The molecule has 0 spiro atoms. The van der Waals surface area contributed by atoms with E-state index in [4.69, 9.17) is 0 Å². The van der Waals surface area contributed by atoms with Crippen LogP contribution >= 0.6 is 0 Å². The molecular weight excluding hydrogens is 340 g/mol. The zero-order valence-corrected chi connectivity index (χ0v) is 15.7. The molecule has 4 heterocycles. The third kappa shape index (κ3) is 3.42. The molecule has 0 radical (unpaired) electrons. The van der Waals surface area contributed by atoms with E-state index in [9.17, 15) is 4.79 Å². The highest BCUT2D eigenvalue weighted by atomic mass is 16.1. The van der Waals surface area contributed by atoms with Crippen LogP contribution in [-0.2, 0) is 6.54 Å². The van der Waals surface area contributed by atoms with Crippen molar-refractivity contribution in [2.45, 2.75) is 38.8 Å². The summed E-state index contributed by atoms with van der Waals surface area (Å²) in [5.41, 5.74) is 4.30. The SMILES string of the molecule is CNC(=O)c1cnn2c([C@@H]3CCCCN3Cc3cccc(C)n3)ccnc12. The molecule has 140 valence electrons. The zero-order chi connectivity index (χ0) is 18.8. The van der Waals surface area contributed by atoms with Gasteiger partial charge in [0, 0.05) is 25.5 Å². The Hall–Kier alpha value is -2.80. The fourth-order valence-corrected chi connectivity index (χ4v) is 3.87. The minimum absolute atomic E-state index is 0.167. The van der Waals surface area contributed by atoms with Gasteiger partial charge < -0.3 is 5.32 Å². The molecule has 3 aromatic rings. The van der Waals surface area contributed by atoms with Gasteiger partial charge in [0.2, 0.25) is 0 Å². The Morgan fingerprint density at radius 2 is 2.19 bits per heavy atom. The van der Waals surface area contributed by atoms with Crippen LogP contribution in [-0.4, -0.2) is 44.0 Å². The molecule has 27 heavy (non-hydrogen) atoms. The van der Waals surface area contributed by atoms with E-state index in [1.165, 1.54) is 12.8 Å². The molecule has 1 saturated heterocycles. The van der Waals surface area contributed by atoms with Gasteiger partial charge in [-0.25, -0.2) is 9.50 Å². The molecule has 1 aliphatic heterocycles. The highest BCUT2D eigenvalue weighted by Gasteiger charge is 2.27. The Bertz CT molecular complexity index is 966. The highest BCUT2D eigenvalue weighted by molar-refractivity contribution is 5.99. The lowest BCUT2D eigenvalue weighted by Gasteiger charge is -2.35. The predicted molar refractivity (Wildman–Crippen MR) is 102 cm³/mol. The molecule has 4 rings (SSSR count). The van der Waals surface area contributed by atoms with Crippen molar-refractivity contribution in [3.8, 4) is 0 Å². The van der Waals surface area contributed by atoms with Gasteiger partial charge in [0.1, 0.15) is 5.56 Å². The predicted octanol–water partition coefficient (Wildman–Crippen LogP) is 2.52. The molecule has 0 aliphatic carbocycles. The summed E-state index contributed by atoms with van der Waals surface area (Å²) >= 11 is 0. The Labute approximate surface area is 158 Å². The number of pyridine rings is 1. The van der Waals surface area contributed by atoms with Crippen molar-refractivity contribution in [3.05, 3.63) is 59.3 Å². The molecule has 7 nitrogen and oxygen atoms in total. The maximum absolute atomic E-state index is 12.1. The standard InChI is InChI=1S/C20H24N6O/c1-14-6-5-7-15(24-14)13-25-11-4-3-8-17(25)18-9-10-22-19-16(20(27)21-2)12-23-26(18)19/h5-7,9-10,12,17H,3-4,8,11,13H2,1-2H3,(H,21,27)/t17-/m0/s1. The average molecular weight is 364 g/mol. The van der Waals surface area contributed by atoms with Crippen LogP contribution in [0.15, 0.2) is 36.7 Å². The molecular formula is C20H24N6O. The van der Waals surface area contributed by atoms with E-state index in [1.54, 1.807) is 19.4 Å². The van der Waals surface area contributed by atoms with Crippen molar-refractivity contribution in [1.82, 2.24) is 29.8 Å². The maximum Gasteiger partial charge on any atom is 0.256 e. The van der Waals surface area contributed by atoms with Crippen LogP contribution in [0.25, 0.3) is 5.65 Å². The van der Waals surface area contributed by atoms with E-state index in [2.05, 4.69) is 37.4 Å². The van der Waals surface area contributed by atoms with Gasteiger partial charge >= 0.3 is 0 Å². The molecule has 3 aromatic heterocycles. The second kappa shape index (κ2) is 7.44. The Kier molecular flexibility index (Phi) is 4.85. The van der Waals surface area contributed by atoms with Crippen LogP contribution in [0.4, 0.5) is 0 Å². The highest BCUT2D eigenvalue weighted by Crippen LogP contribution is 2.32. The summed E-state index contributed by atoms with van der Waals surface area (Å²) < 4.78 is 1.82. The van der Waals surface area contributed by atoms with Gasteiger partial charge in [0.15, 0.2) is 5.65 Å². The lowest BCUT2D eigenvalue weighted by atomic mass is 9.98. The number of nitrogens with zero attached hydrogens (tertiary/aromatic N) is 5. The lowest BCUT2D eigenvalue weighted by Crippen LogP contribution is -2.34. The third-order valence-corrected chi connectivity index (χ3v) is 5.17. The van der Waals surface area contributed by atoms with E-state index in [1.807, 2.05) is 23.6 Å². The number of nitrogens with one attached hydrogen (secondary N) is 1. The van der Waals surface area contributed by atoms with Gasteiger partial charge in [0.25, 0.3) is 5.91 Å². The van der Waals surface area contributed by atoms with E-state index in [0.717, 1.165) is 36.6 Å². The van der Waals surface area contributed by atoms with Crippen molar-refractivity contribution in [2.75, 3.05) is 13.6 Å². The Morgan fingerprint density at radius 3 is 3.00 bits per heavy atom.